The number of amides is 1. The molecule has 3 aromatic rings. The molecule has 3 aromatic carbocycles. The van der Waals surface area contributed by atoms with Gasteiger partial charge in [-0.3, -0.25) is 4.79 Å². The van der Waals surface area contributed by atoms with E-state index in [0.29, 0.717) is 31.7 Å². The second-order valence-electron chi connectivity index (χ2n) is 7.82. The highest BCUT2D eigenvalue weighted by Crippen LogP contribution is 2.28. The van der Waals surface area contributed by atoms with Gasteiger partial charge in [-0.2, -0.15) is 0 Å². The highest BCUT2D eigenvalue weighted by molar-refractivity contribution is 7.90. The van der Waals surface area contributed by atoms with Gasteiger partial charge < -0.3 is 14.5 Å². The molecule has 1 amide bonds. The minimum atomic E-state index is -3.43. The highest BCUT2D eigenvalue weighted by atomic mass is 32.2. The van der Waals surface area contributed by atoms with Crippen LogP contribution in [-0.4, -0.2) is 58.8 Å². The number of hydrogen-bond donors (Lipinski definition) is 0. The summed E-state index contributed by atoms with van der Waals surface area (Å²) in [5.41, 5.74) is 3.12. The molecule has 0 unspecified atom stereocenters. The number of sulfone groups is 1. The fourth-order valence-electron chi connectivity index (χ4n) is 3.93. The van der Waals surface area contributed by atoms with Crippen LogP contribution in [0.25, 0.3) is 11.1 Å². The first kappa shape index (κ1) is 21.9. The zero-order chi connectivity index (χ0) is 22.7. The summed E-state index contributed by atoms with van der Waals surface area (Å²) in [6.07, 6.45) is 1.16. The van der Waals surface area contributed by atoms with Crippen LogP contribution in [0.3, 0.4) is 0 Å². The van der Waals surface area contributed by atoms with Gasteiger partial charge in [0.1, 0.15) is 5.75 Å². The lowest BCUT2D eigenvalue weighted by Gasteiger charge is -2.36. The Morgan fingerprint density at radius 2 is 1.53 bits per heavy atom. The first-order valence-corrected chi connectivity index (χ1v) is 12.3. The first-order valence-electron chi connectivity index (χ1n) is 10.4. The molecule has 0 N–H and O–H groups in total. The first-order chi connectivity index (χ1) is 15.4. The van der Waals surface area contributed by atoms with Crippen LogP contribution >= 0.6 is 0 Å². The molecule has 6 nitrogen and oxygen atoms in total. The molecule has 166 valence electrons. The number of hydrogen-bond acceptors (Lipinski definition) is 5. The Labute approximate surface area is 189 Å². The quantitative estimate of drug-likeness (QED) is 0.593. The predicted molar refractivity (Wildman–Crippen MR) is 126 cm³/mol. The molecule has 0 spiro atoms. The smallest absolute Gasteiger partial charge is 0.254 e. The van der Waals surface area contributed by atoms with Gasteiger partial charge in [-0.1, -0.05) is 36.4 Å². The lowest BCUT2D eigenvalue weighted by atomic mass is 9.98. The van der Waals surface area contributed by atoms with Crippen LogP contribution in [0.1, 0.15) is 10.4 Å². The molecule has 7 heteroatoms. The number of benzene rings is 3. The Kier molecular flexibility index (Phi) is 6.19. The molecule has 0 bridgehead atoms. The number of rotatable bonds is 5. The number of nitrogens with zero attached hydrogens (tertiary/aromatic N) is 2. The summed E-state index contributed by atoms with van der Waals surface area (Å²) in [6, 6.07) is 22.3. The minimum Gasteiger partial charge on any atom is -0.497 e. The van der Waals surface area contributed by atoms with Gasteiger partial charge in [0, 0.05) is 43.7 Å². The SMILES string of the molecule is COc1ccc(N2CCN(C(=O)c3cc(S(C)(=O)=O)ccc3-c3ccccc3)CC2)cc1. The average Bonchev–Trinajstić information content (AvgIpc) is 2.83. The van der Waals surface area contributed by atoms with Crippen molar-refractivity contribution >= 4 is 21.4 Å². The van der Waals surface area contributed by atoms with Gasteiger partial charge >= 0.3 is 0 Å². The maximum Gasteiger partial charge on any atom is 0.254 e. The van der Waals surface area contributed by atoms with Crippen molar-refractivity contribution in [2.75, 3.05) is 44.4 Å². The molecule has 1 heterocycles. The molecule has 0 aliphatic carbocycles. The van der Waals surface area contributed by atoms with Crippen molar-refractivity contribution in [3.8, 4) is 16.9 Å². The molecule has 0 saturated carbocycles. The van der Waals surface area contributed by atoms with Crippen LogP contribution in [0.15, 0.2) is 77.7 Å². The van der Waals surface area contributed by atoms with Crippen LogP contribution in [0.2, 0.25) is 0 Å². The van der Waals surface area contributed by atoms with Crippen LogP contribution in [-0.2, 0) is 9.84 Å². The molecular weight excluding hydrogens is 424 g/mol. The number of methoxy groups -OCH3 is 1. The van der Waals surface area contributed by atoms with Crippen molar-refractivity contribution in [3.05, 3.63) is 78.4 Å². The van der Waals surface area contributed by atoms with Crippen molar-refractivity contribution in [3.63, 3.8) is 0 Å². The Hall–Kier alpha value is -3.32. The van der Waals surface area contributed by atoms with Crippen LogP contribution in [0.5, 0.6) is 5.75 Å². The molecule has 1 fully saturated rings. The van der Waals surface area contributed by atoms with Gasteiger partial charge in [-0.15, -0.1) is 0 Å². The van der Waals surface area contributed by atoms with Crippen LogP contribution in [0.4, 0.5) is 5.69 Å². The highest BCUT2D eigenvalue weighted by Gasteiger charge is 2.25. The number of piperazine rings is 1. The molecule has 0 aromatic heterocycles. The molecular formula is C25H26N2O4S. The van der Waals surface area contributed by atoms with Gasteiger partial charge in [0.2, 0.25) is 0 Å². The minimum absolute atomic E-state index is 0.149. The fraction of sp³-hybridized carbons (Fsp3) is 0.240. The number of ether oxygens (including phenoxy) is 1. The maximum atomic E-state index is 13.5. The normalized spacial score (nSPS) is 14.3. The van der Waals surface area contributed by atoms with E-state index >= 15 is 0 Å². The second-order valence-corrected chi connectivity index (χ2v) is 9.84. The summed E-state index contributed by atoms with van der Waals surface area (Å²) in [6.45, 7) is 2.51. The van der Waals surface area contributed by atoms with E-state index < -0.39 is 9.84 Å². The number of carbonyl (C=O) groups excluding carboxylic acids is 1. The zero-order valence-corrected chi connectivity index (χ0v) is 19.0. The standard InChI is InChI=1S/C25H26N2O4S/c1-31-21-10-8-20(9-11-21)26-14-16-27(17-15-26)25(28)24-18-22(32(2,29)30)12-13-23(24)19-6-4-3-5-7-19/h3-13,18H,14-17H2,1-2H3. The number of carbonyl (C=O) groups is 1. The van der Waals surface area contributed by atoms with Gasteiger partial charge in [0.05, 0.1) is 12.0 Å². The van der Waals surface area contributed by atoms with Crippen molar-refractivity contribution in [2.24, 2.45) is 0 Å². The van der Waals surface area contributed by atoms with E-state index in [2.05, 4.69) is 4.90 Å². The lowest BCUT2D eigenvalue weighted by molar-refractivity contribution is 0.0747. The molecule has 1 saturated heterocycles. The van der Waals surface area contributed by atoms with Crippen molar-refractivity contribution in [1.82, 2.24) is 4.90 Å². The average molecular weight is 451 g/mol. The van der Waals surface area contributed by atoms with Crippen LogP contribution in [0, 0.1) is 0 Å². The summed E-state index contributed by atoms with van der Waals surface area (Å²) >= 11 is 0. The maximum absolute atomic E-state index is 13.5. The summed E-state index contributed by atoms with van der Waals surface area (Å²) in [5, 5.41) is 0. The largest absolute Gasteiger partial charge is 0.497 e. The Morgan fingerprint density at radius 3 is 2.12 bits per heavy atom. The van der Waals surface area contributed by atoms with Crippen molar-refractivity contribution < 1.29 is 17.9 Å². The fourth-order valence-corrected chi connectivity index (χ4v) is 4.58. The third-order valence-electron chi connectivity index (χ3n) is 5.74. The monoisotopic (exact) mass is 450 g/mol. The Morgan fingerprint density at radius 1 is 0.875 bits per heavy atom. The molecule has 1 aliphatic heterocycles. The Balaban J connectivity index is 1.58. The van der Waals surface area contributed by atoms with Gasteiger partial charge in [-0.25, -0.2) is 8.42 Å². The van der Waals surface area contributed by atoms with Crippen LogP contribution < -0.4 is 9.64 Å². The van der Waals surface area contributed by atoms with Crippen molar-refractivity contribution in [2.45, 2.75) is 4.90 Å². The zero-order valence-electron chi connectivity index (χ0n) is 18.2. The van der Waals surface area contributed by atoms with E-state index in [1.165, 1.54) is 6.07 Å². The molecule has 1 aliphatic rings. The Bertz CT molecular complexity index is 1200. The van der Waals surface area contributed by atoms with E-state index in [1.54, 1.807) is 24.1 Å². The van der Waals surface area contributed by atoms with Gasteiger partial charge in [0.15, 0.2) is 9.84 Å². The summed E-state index contributed by atoms with van der Waals surface area (Å²) in [5.74, 6) is 0.658. The molecule has 0 radical (unpaired) electrons. The van der Waals surface area contributed by atoms with Gasteiger partial charge in [0.25, 0.3) is 5.91 Å². The third-order valence-corrected chi connectivity index (χ3v) is 6.85. The topological polar surface area (TPSA) is 66.9 Å². The van der Waals surface area contributed by atoms with Crippen molar-refractivity contribution in [1.29, 1.82) is 0 Å². The van der Waals surface area contributed by atoms with E-state index in [1.807, 2.05) is 54.6 Å². The molecule has 32 heavy (non-hydrogen) atoms. The van der Waals surface area contributed by atoms with E-state index in [4.69, 9.17) is 4.74 Å². The third kappa shape index (κ3) is 4.62. The predicted octanol–water partition coefficient (Wildman–Crippen LogP) is 3.73. The lowest BCUT2D eigenvalue weighted by Crippen LogP contribution is -2.48. The summed E-state index contributed by atoms with van der Waals surface area (Å²) < 4.78 is 29.5. The van der Waals surface area contributed by atoms with Gasteiger partial charge in [-0.05, 0) is 47.5 Å². The van der Waals surface area contributed by atoms with E-state index in [9.17, 15) is 13.2 Å². The summed E-state index contributed by atoms with van der Waals surface area (Å²) in [7, 11) is -1.79. The number of anilines is 1. The molecule has 0 atom stereocenters. The van der Waals surface area contributed by atoms with E-state index in [-0.39, 0.29) is 10.8 Å². The second kappa shape index (κ2) is 9.04. The van der Waals surface area contributed by atoms with E-state index in [0.717, 1.165) is 28.8 Å². The summed E-state index contributed by atoms with van der Waals surface area (Å²) in [4.78, 5) is 17.7. The molecule has 4 rings (SSSR count).